The maximum Gasteiger partial charge on any atom is 0.338 e. The molecule has 2 aliphatic rings. The molecule has 0 unspecified atom stereocenters. The fraction of sp³-hybridized carbons (Fsp3) is 0.500. The Bertz CT molecular complexity index is 1050. The summed E-state index contributed by atoms with van der Waals surface area (Å²) in [6.45, 7) is 3.32. The fourth-order valence-electron chi connectivity index (χ4n) is 5.03. The third-order valence-corrected chi connectivity index (χ3v) is 7.32. The molecule has 2 aromatic carbocycles. The van der Waals surface area contributed by atoms with E-state index < -0.39 is 0 Å². The highest BCUT2D eigenvalue weighted by Gasteiger charge is 2.32. The van der Waals surface area contributed by atoms with Crippen molar-refractivity contribution >= 4 is 23.3 Å². The maximum atomic E-state index is 12.0. The van der Waals surface area contributed by atoms with Crippen molar-refractivity contribution in [3.05, 3.63) is 53.1 Å². The van der Waals surface area contributed by atoms with Crippen molar-refractivity contribution in [3.63, 3.8) is 0 Å². The first kappa shape index (κ1) is 26.1. The number of methoxy groups -OCH3 is 2. The second kappa shape index (κ2) is 12.3. The van der Waals surface area contributed by atoms with E-state index in [4.69, 9.17) is 31.2 Å². The molecular weight excluding hydrogens is 476 g/mol. The van der Waals surface area contributed by atoms with Crippen molar-refractivity contribution in [1.82, 2.24) is 10.2 Å². The first-order chi connectivity index (χ1) is 17.5. The van der Waals surface area contributed by atoms with Crippen LogP contribution >= 0.6 is 12.2 Å². The van der Waals surface area contributed by atoms with Crippen molar-refractivity contribution < 1.29 is 23.7 Å². The molecule has 0 amide bonds. The lowest BCUT2D eigenvalue weighted by atomic mass is 9.92. The van der Waals surface area contributed by atoms with E-state index in [2.05, 4.69) is 16.3 Å². The minimum Gasteiger partial charge on any atom is -0.493 e. The summed E-state index contributed by atoms with van der Waals surface area (Å²) in [6, 6.07) is 11.5. The van der Waals surface area contributed by atoms with Gasteiger partial charge in [-0.25, -0.2) is 4.79 Å². The van der Waals surface area contributed by atoms with Crippen LogP contribution in [0.15, 0.2) is 36.4 Å². The maximum absolute atomic E-state index is 12.0. The zero-order chi connectivity index (χ0) is 25.5. The fourth-order valence-corrected chi connectivity index (χ4v) is 5.42. The van der Waals surface area contributed by atoms with Gasteiger partial charge >= 0.3 is 5.97 Å². The Hall–Kier alpha value is -3.00. The Morgan fingerprint density at radius 2 is 1.75 bits per heavy atom. The van der Waals surface area contributed by atoms with Gasteiger partial charge in [0, 0.05) is 12.6 Å². The van der Waals surface area contributed by atoms with E-state index in [9.17, 15) is 4.79 Å². The molecule has 1 atom stereocenters. The number of hydrogen-bond acceptors (Lipinski definition) is 6. The first-order valence-corrected chi connectivity index (χ1v) is 13.2. The number of fused-ring (bicyclic) bond motifs is 1. The van der Waals surface area contributed by atoms with Crippen LogP contribution in [0.25, 0.3) is 0 Å². The highest BCUT2D eigenvalue weighted by molar-refractivity contribution is 7.80. The van der Waals surface area contributed by atoms with E-state index in [-0.39, 0.29) is 12.0 Å². The van der Waals surface area contributed by atoms with Crippen molar-refractivity contribution in [3.8, 4) is 17.2 Å². The highest BCUT2D eigenvalue weighted by atomic mass is 32.1. The second-order valence-electron chi connectivity index (χ2n) is 9.21. The normalized spacial score (nSPS) is 17.6. The summed E-state index contributed by atoms with van der Waals surface area (Å²) in [7, 11) is 3.31. The molecule has 7 nitrogen and oxygen atoms in total. The van der Waals surface area contributed by atoms with Crippen LogP contribution in [0.1, 0.15) is 66.6 Å². The van der Waals surface area contributed by atoms with Crippen LogP contribution in [-0.4, -0.2) is 56.0 Å². The zero-order valence-electron chi connectivity index (χ0n) is 21.4. The van der Waals surface area contributed by atoms with Crippen LogP contribution in [0.2, 0.25) is 0 Å². The SMILES string of the molecule is CCOC(=O)c1ccc(OC[C@@H]2c3cc(OC)c(OC)cc3CCN2C(=S)NC2CCCCC2)cc1. The zero-order valence-corrected chi connectivity index (χ0v) is 22.2. The van der Waals surface area contributed by atoms with Gasteiger partial charge in [0.1, 0.15) is 12.4 Å². The summed E-state index contributed by atoms with van der Waals surface area (Å²) < 4.78 is 22.5. The number of nitrogens with one attached hydrogen (secondary N) is 1. The molecule has 1 fully saturated rings. The van der Waals surface area contributed by atoms with Gasteiger partial charge < -0.3 is 29.2 Å². The molecule has 0 aromatic heterocycles. The van der Waals surface area contributed by atoms with Gasteiger partial charge in [-0.2, -0.15) is 0 Å². The van der Waals surface area contributed by atoms with Crippen molar-refractivity contribution in [2.24, 2.45) is 0 Å². The second-order valence-corrected chi connectivity index (χ2v) is 9.59. The molecule has 194 valence electrons. The number of rotatable bonds is 8. The minimum atomic E-state index is -0.336. The van der Waals surface area contributed by atoms with Gasteiger partial charge in [0.05, 0.1) is 32.4 Å². The predicted octanol–water partition coefficient (Wildman–Crippen LogP) is 5.07. The number of esters is 1. The molecule has 1 aliphatic carbocycles. The lowest BCUT2D eigenvalue weighted by Crippen LogP contribution is -2.50. The summed E-state index contributed by atoms with van der Waals surface area (Å²) in [6.07, 6.45) is 6.96. The molecule has 0 bridgehead atoms. The van der Waals surface area contributed by atoms with E-state index in [0.717, 1.165) is 42.2 Å². The third kappa shape index (κ3) is 6.03. The lowest BCUT2D eigenvalue weighted by Gasteiger charge is -2.40. The Balaban J connectivity index is 1.56. The molecule has 1 aliphatic heterocycles. The summed E-state index contributed by atoms with van der Waals surface area (Å²) in [5.41, 5.74) is 2.83. The number of carbonyl (C=O) groups excluding carboxylic acids is 1. The molecule has 0 radical (unpaired) electrons. The van der Waals surface area contributed by atoms with Crippen LogP contribution in [0.5, 0.6) is 17.2 Å². The lowest BCUT2D eigenvalue weighted by molar-refractivity contribution is 0.0526. The summed E-state index contributed by atoms with van der Waals surface area (Å²) in [5, 5.41) is 4.40. The molecule has 36 heavy (non-hydrogen) atoms. The predicted molar refractivity (Wildman–Crippen MR) is 143 cm³/mol. The molecule has 4 rings (SSSR count). The van der Waals surface area contributed by atoms with E-state index in [1.165, 1.54) is 24.8 Å². The average Bonchev–Trinajstić information content (AvgIpc) is 2.91. The standard InChI is InChI=1S/C28H36N2O5S/c1-4-34-27(31)19-10-12-22(13-11-19)35-18-24-23-17-26(33-3)25(32-2)16-20(23)14-15-30(24)28(36)29-21-8-6-5-7-9-21/h10-13,16-17,21,24H,4-9,14-15,18H2,1-3H3,(H,29,36)/t24-/m1/s1. The van der Waals surface area contributed by atoms with Crippen LogP contribution in [0, 0.1) is 0 Å². The Morgan fingerprint density at radius 1 is 1.06 bits per heavy atom. The number of ether oxygens (including phenoxy) is 4. The van der Waals surface area contributed by atoms with E-state index in [1.54, 1.807) is 45.4 Å². The Kier molecular flexibility index (Phi) is 8.91. The Morgan fingerprint density at radius 3 is 2.42 bits per heavy atom. The summed E-state index contributed by atoms with van der Waals surface area (Å²) in [5.74, 6) is 1.76. The molecule has 8 heteroatoms. The van der Waals surface area contributed by atoms with Crippen molar-refractivity contribution in [1.29, 1.82) is 0 Å². The number of carbonyl (C=O) groups is 1. The molecule has 0 spiro atoms. The molecule has 1 saturated carbocycles. The Labute approximate surface area is 219 Å². The van der Waals surface area contributed by atoms with Crippen LogP contribution < -0.4 is 19.5 Å². The van der Waals surface area contributed by atoms with E-state index >= 15 is 0 Å². The molecule has 2 aromatic rings. The van der Waals surface area contributed by atoms with Gasteiger partial charge in [0.25, 0.3) is 0 Å². The largest absolute Gasteiger partial charge is 0.493 e. The molecule has 0 saturated heterocycles. The van der Waals surface area contributed by atoms with Crippen LogP contribution in [0.4, 0.5) is 0 Å². The van der Waals surface area contributed by atoms with Gasteiger partial charge in [0.15, 0.2) is 16.6 Å². The molecule has 1 N–H and O–H groups in total. The van der Waals surface area contributed by atoms with Gasteiger partial charge in [0.2, 0.25) is 0 Å². The van der Waals surface area contributed by atoms with Crippen molar-refractivity contribution in [2.75, 3.05) is 34.0 Å². The quantitative estimate of drug-likeness (QED) is 0.389. The summed E-state index contributed by atoms with van der Waals surface area (Å²) in [4.78, 5) is 14.2. The molecule has 1 heterocycles. The number of thiocarbonyl (C=S) groups is 1. The first-order valence-electron chi connectivity index (χ1n) is 12.8. The third-order valence-electron chi connectivity index (χ3n) is 6.97. The van der Waals surface area contributed by atoms with E-state index in [1.807, 2.05) is 6.07 Å². The smallest absolute Gasteiger partial charge is 0.338 e. The van der Waals surface area contributed by atoms with Gasteiger partial charge in [-0.05, 0) is 85.9 Å². The minimum absolute atomic E-state index is 0.0955. The topological polar surface area (TPSA) is 69.3 Å². The number of nitrogens with zero attached hydrogens (tertiary/aromatic N) is 1. The average molecular weight is 513 g/mol. The van der Waals surface area contributed by atoms with Gasteiger partial charge in [-0.3, -0.25) is 0 Å². The highest BCUT2D eigenvalue weighted by Crippen LogP contribution is 2.38. The van der Waals surface area contributed by atoms with Gasteiger partial charge in [-0.1, -0.05) is 19.3 Å². The van der Waals surface area contributed by atoms with Crippen LogP contribution in [0.3, 0.4) is 0 Å². The number of hydrogen-bond donors (Lipinski definition) is 1. The van der Waals surface area contributed by atoms with E-state index in [0.29, 0.717) is 36.3 Å². The monoisotopic (exact) mass is 512 g/mol. The van der Waals surface area contributed by atoms with Crippen molar-refractivity contribution in [2.45, 2.75) is 57.5 Å². The van der Waals surface area contributed by atoms with Crippen LogP contribution in [-0.2, 0) is 11.2 Å². The summed E-state index contributed by atoms with van der Waals surface area (Å²) >= 11 is 5.92. The van der Waals surface area contributed by atoms with Gasteiger partial charge in [-0.15, -0.1) is 0 Å². The molecular formula is C28H36N2O5S. The number of benzene rings is 2.